The zero-order valence-electron chi connectivity index (χ0n) is 21.3. The predicted molar refractivity (Wildman–Crippen MR) is 150 cm³/mol. The number of rotatable bonds is 7. The smallest absolute Gasteiger partial charge is 0.269 e. The number of nitro benzene ring substituents is 1. The van der Waals surface area contributed by atoms with Crippen LogP contribution < -0.4 is 5.32 Å². The van der Waals surface area contributed by atoms with E-state index in [0.717, 1.165) is 36.5 Å². The molecule has 1 saturated heterocycles. The third-order valence-electron chi connectivity index (χ3n) is 7.38. The number of aliphatic imine (C=N–C) groups is 1. The van der Waals surface area contributed by atoms with E-state index in [1.54, 1.807) is 18.6 Å². The first-order valence-electron chi connectivity index (χ1n) is 13.1. The molecule has 1 amide bonds. The zero-order valence-corrected chi connectivity index (χ0v) is 21.3. The third-order valence-corrected chi connectivity index (χ3v) is 7.38. The van der Waals surface area contributed by atoms with E-state index in [0.29, 0.717) is 22.6 Å². The van der Waals surface area contributed by atoms with Crippen LogP contribution in [0, 0.1) is 10.1 Å². The van der Waals surface area contributed by atoms with Gasteiger partial charge in [0.1, 0.15) is 5.92 Å². The van der Waals surface area contributed by atoms with Gasteiger partial charge in [-0.2, -0.15) is 0 Å². The van der Waals surface area contributed by atoms with Gasteiger partial charge in [-0.15, -0.1) is 0 Å². The van der Waals surface area contributed by atoms with Crippen LogP contribution in [0.3, 0.4) is 0 Å². The fourth-order valence-corrected chi connectivity index (χ4v) is 5.35. The second-order valence-electron chi connectivity index (χ2n) is 9.99. The minimum atomic E-state index is -0.778. The van der Waals surface area contributed by atoms with Crippen LogP contribution in [0.4, 0.5) is 17.1 Å². The number of fused-ring (bicyclic) bond motifs is 1. The highest BCUT2D eigenvalue weighted by Gasteiger charge is 2.36. The Balaban J connectivity index is 1.38. The highest BCUT2D eigenvalue weighted by Crippen LogP contribution is 2.38. The summed E-state index contributed by atoms with van der Waals surface area (Å²) in [7, 11) is 0. The highest BCUT2D eigenvalue weighted by atomic mass is 16.6. The molecule has 1 unspecified atom stereocenters. The second-order valence-corrected chi connectivity index (χ2v) is 9.99. The average molecular weight is 521 g/mol. The fraction of sp³-hybridized carbons (Fsp3) is 0.233. The van der Waals surface area contributed by atoms with Gasteiger partial charge < -0.3 is 10.3 Å². The number of benzene rings is 3. The summed E-state index contributed by atoms with van der Waals surface area (Å²) >= 11 is 0. The highest BCUT2D eigenvalue weighted by molar-refractivity contribution is 6.24. The molecule has 9 nitrogen and oxygen atoms in total. The quantitative estimate of drug-likeness (QED) is 0.181. The summed E-state index contributed by atoms with van der Waals surface area (Å²) in [6.45, 7) is 3.11. The fourth-order valence-electron chi connectivity index (χ4n) is 5.35. The van der Waals surface area contributed by atoms with Crippen molar-refractivity contribution in [2.75, 3.05) is 18.4 Å². The van der Waals surface area contributed by atoms with Crippen LogP contribution in [0.15, 0.2) is 84.2 Å². The van der Waals surface area contributed by atoms with Crippen LogP contribution in [0.5, 0.6) is 0 Å². The van der Waals surface area contributed by atoms with Gasteiger partial charge in [0.2, 0.25) is 5.91 Å². The van der Waals surface area contributed by atoms with E-state index in [9.17, 15) is 14.9 Å². The van der Waals surface area contributed by atoms with E-state index in [4.69, 9.17) is 4.99 Å². The van der Waals surface area contributed by atoms with Crippen molar-refractivity contribution in [1.29, 1.82) is 0 Å². The molecule has 0 aliphatic carbocycles. The first-order valence-corrected chi connectivity index (χ1v) is 13.1. The number of hydrogen-bond donors (Lipinski definition) is 2. The summed E-state index contributed by atoms with van der Waals surface area (Å²) < 4.78 is 0. The molecular formula is C30H28N6O3. The van der Waals surface area contributed by atoms with Crippen molar-refractivity contribution in [2.24, 2.45) is 4.99 Å². The minimum Gasteiger partial charge on any atom is -0.345 e. The standard InChI is InChI=1S/C30H28N6O3/c37-30-28(25-16-24(36(38)39)12-13-26(25)34-30)29(33-23-10-8-21(9-11-23)27-17-31-19-32-27)22-6-4-20(5-7-22)18-35-14-2-1-3-15-35/h4-13,16-17,19,28H,1-3,14-15,18H2,(H,31,32)(H,34,37). The molecule has 2 N–H and O–H groups in total. The lowest BCUT2D eigenvalue weighted by Gasteiger charge is -2.26. The normalized spacial score (nSPS) is 17.6. The molecule has 6 rings (SSSR count). The number of aromatic nitrogens is 2. The first kappa shape index (κ1) is 24.7. The van der Waals surface area contributed by atoms with Crippen LogP contribution in [0.25, 0.3) is 11.3 Å². The lowest BCUT2D eigenvalue weighted by atomic mass is 9.90. The molecule has 196 valence electrons. The van der Waals surface area contributed by atoms with Crippen LogP contribution in [0.2, 0.25) is 0 Å². The van der Waals surface area contributed by atoms with Crippen molar-refractivity contribution >= 4 is 28.7 Å². The van der Waals surface area contributed by atoms with Gasteiger partial charge >= 0.3 is 0 Å². The summed E-state index contributed by atoms with van der Waals surface area (Å²) in [6.07, 6.45) is 7.14. The van der Waals surface area contributed by atoms with E-state index in [1.807, 2.05) is 36.4 Å². The van der Waals surface area contributed by atoms with E-state index in [2.05, 4.69) is 32.3 Å². The van der Waals surface area contributed by atoms with Gasteiger partial charge in [-0.25, -0.2) is 4.98 Å². The summed E-state index contributed by atoms with van der Waals surface area (Å²) in [6, 6.07) is 20.3. The van der Waals surface area contributed by atoms with Crippen molar-refractivity contribution in [2.45, 2.75) is 31.7 Å². The molecule has 0 saturated carbocycles. The minimum absolute atomic E-state index is 0.0598. The van der Waals surface area contributed by atoms with Gasteiger partial charge in [0.05, 0.1) is 34.5 Å². The number of amides is 1. The molecule has 3 aromatic carbocycles. The number of nitro groups is 1. The molecule has 3 heterocycles. The Labute approximate surface area is 225 Å². The molecule has 0 radical (unpaired) electrons. The number of anilines is 1. The van der Waals surface area contributed by atoms with E-state index in [-0.39, 0.29) is 11.6 Å². The molecule has 2 aliphatic heterocycles. The van der Waals surface area contributed by atoms with E-state index >= 15 is 0 Å². The summed E-state index contributed by atoms with van der Waals surface area (Å²) in [5.74, 6) is -1.03. The maximum Gasteiger partial charge on any atom is 0.269 e. The van der Waals surface area contributed by atoms with E-state index in [1.165, 1.54) is 37.0 Å². The second kappa shape index (κ2) is 10.6. The first-order chi connectivity index (χ1) is 19.0. The van der Waals surface area contributed by atoms with Crippen LogP contribution in [-0.2, 0) is 11.3 Å². The Morgan fingerprint density at radius 2 is 1.79 bits per heavy atom. The number of H-pyrrole nitrogens is 1. The molecule has 1 fully saturated rings. The van der Waals surface area contributed by atoms with Crippen LogP contribution in [-0.4, -0.2) is 44.5 Å². The molecule has 1 atom stereocenters. The molecule has 2 aliphatic rings. The van der Waals surface area contributed by atoms with Crippen molar-refractivity contribution in [1.82, 2.24) is 14.9 Å². The number of imidazole rings is 1. The Kier molecular flexibility index (Phi) is 6.73. The topological polar surface area (TPSA) is 117 Å². The number of nitrogens with zero attached hydrogens (tertiary/aromatic N) is 4. The van der Waals surface area contributed by atoms with Crippen molar-refractivity contribution in [3.8, 4) is 11.3 Å². The van der Waals surface area contributed by atoms with Crippen LogP contribution >= 0.6 is 0 Å². The molecule has 1 aromatic heterocycles. The van der Waals surface area contributed by atoms with Gasteiger partial charge in [-0.1, -0.05) is 42.8 Å². The Bertz CT molecular complexity index is 1520. The Hall–Kier alpha value is -4.63. The number of hydrogen-bond acceptors (Lipinski definition) is 6. The van der Waals surface area contributed by atoms with Crippen molar-refractivity contribution in [3.63, 3.8) is 0 Å². The van der Waals surface area contributed by atoms with Gasteiger partial charge in [0.15, 0.2) is 0 Å². The number of nitrogens with one attached hydrogen (secondary N) is 2. The number of likely N-dealkylation sites (tertiary alicyclic amines) is 1. The third kappa shape index (κ3) is 5.21. The molecule has 4 aromatic rings. The SMILES string of the molecule is O=C1Nc2ccc([N+](=O)[O-])cc2C1C(=Nc1ccc(-c2cnc[nH]2)cc1)c1ccc(CN2CCCCC2)cc1. The maximum atomic E-state index is 13.3. The summed E-state index contributed by atoms with van der Waals surface area (Å²) in [4.78, 5) is 38.9. The van der Waals surface area contributed by atoms with Crippen LogP contribution in [0.1, 0.15) is 41.9 Å². The number of piperidine rings is 1. The van der Waals surface area contributed by atoms with Gasteiger partial charge in [0.25, 0.3) is 5.69 Å². The van der Waals surface area contributed by atoms with Gasteiger partial charge in [0, 0.05) is 29.9 Å². The van der Waals surface area contributed by atoms with Crippen molar-refractivity contribution in [3.05, 3.63) is 106 Å². The predicted octanol–water partition coefficient (Wildman–Crippen LogP) is 5.83. The molecule has 9 heteroatoms. The summed E-state index contributed by atoms with van der Waals surface area (Å²) in [5, 5.41) is 14.4. The number of non-ortho nitro benzene ring substituents is 1. The molecule has 0 bridgehead atoms. The largest absolute Gasteiger partial charge is 0.345 e. The Morgan fingerprint density at radius 3 is 2.49 bits per heavy atom. The molecule has 0 spiro atoms. The average Bonchev–Trinajstić information content (AvgIpc) is 3.61. The van der Waals surface area contributed by atoms with Gasteiger partial charge in [-0.05, 0) is 60.8 Å². The monoisotopic (exact) mass is 520 g/mol. The molecular weight excluding hydrogens is 492 g/mol. The number of aromatic amines is 1. The number of carbonyl (C=O) groups excluding carboxylic acids is 1. The van der Waals surface area contributed by atoms with E-state index < -0.39 is 10.8 Å². The zero-order chi connectivity index (χ0) is 26.8. The molecule has 39 heavy (non-hydrogen) atoms. The lowest BCUT2D eigenvalue weighted by Crippen LogP contribution is -2.29. The number of carbonyl (C=O) groups is 1. The van der Waals surface area contributed by atoms with Crippen molar-refractivity contribution < 1.29 is 9.72 Å². The van der Waals surface area contributed by atoms with Gasteiger partial charge in [-0.3, -0.25) is 24.8 Å². The summed E-state index contributed by atoms with van der Waals surface area (Å²) in [5.41, 5.74) is 6.16. The lowest BCUT2D eigenvalue weighted by molar-refractivity contribution is -0.384. The Morgan fingerprint density at radius 1 is 1.03 bits per heavy atom. The maximum absolute atomic E-state index is 13.3.